The van der Waals surface area contributed by atoms with E-state index in [-0.39, 0.29) is 6.10 Å². The molecule has 0 aromatic heterocycles. The molecule has 0 bridgehead atoms. The Kier molecular flexibility index (Phi) is 3.59. The minimum atomic E-state index is -1.53. The van der Waals surface area contributed by atoms with E-state index in [2.05, 4.69) is 26.2 Å². The molecule has 1 rings (SSSR count). The van der Waals surface area contributed by atoms with Gasteiger partial charge in [0, 0.05) is 12.5 Å². The van der Waals surface area contributed by atoms with E-state index in [9.17, 15) is 0 Å². The summed E-state index contributed by atoms with van der Waals surface area (Å²) in [6.45, 7) is 9.33. The van der Waals surface area contributed by atoms with Crippen LogP contribution in [-0.4, -0.2) is 38.0 Å². The van der Waals surface area contributed by atoms with Crippen LogP contribution in [-0.2, 0) is 4.43 Å². The third kappa shape index (κ3) is 2.67. The van der Waals surface area contributed by atoms with Crippen LogP contribution in [0.2, 0.25) is 32.2 Å². The fourth-order valence-corrected chi connectivity index (χ4v) is 8.57. The fraction of sp³-hybridized carbons (Fsp3) is 1.00. The maximum atomic E-state index is 8.91. The lowest BCUT2D eigenvalue weighted by Crippen LogP contribution is -2.61. The molecular formula is C9H22O3Si2. The molecule has 0 amide bonds. The molecule has 0 aliphatic carbocycles. The third-order valence-corrected chi connectivity index (χ3v) is 20.3. The summed E-state index contributed by atoms with van der Waals surface area (Å²) in [7, 11) is -2.69. The molecule has 0 aromatic carbocycles. The molecule has 1 aliphatic heterocycles. The van der Waals surface area contributed by atoms with Crippen molar-refractivity contribution < 1.29 is 14.6 Å². The topological polar surface area (TPSA) is 49.7 Å². The van der Waals surface area contributed by atoms with Crippen LogP contribution in [0.1, 0.15) is 12.8 Å². The first-order valence-corrected chi connectivity index (χ1v) is 12.4. The minimum absolute atomic E-state index is 0.0807. The van der Waals surface area contributed by atoms with Gasteiger partial charge in [-0.25, -0.2) is 0 Å². The molecule has 84 valence electrons. The van der Waals surface area contributed by atoms with Gasteiger partial charge < -0.3 is 14.6 Å². The van der Waals surface area contributed by atoms with E-state index in [0.29, 0.717) is 6.42 Å². The van der Waals surface area contributed by atoms with Crippen LogP contribution >= 0.6 is 0 Å². The van der Waals surface area contributed by atoms with Crippen molar-refractivity contribution in [3.8, 4) is 0 Å². The van der Waals surface area contributed by atoms with Gasteiger partial charge in [-0.05, 0) is 19.5 Å². The Morgan fingerprint density at radius 2 is 1.86 bits per heavy atom. The molecule has 1 unspecified atom stereocenters. The van der Waals surface area contributed by atoms with Gasteiger partial charge in [-0.3, -0.25) is 0 Å². The van der Waals surface area contributed by atoms with Gasteiger partial charge in [-0.1, -0.05) is 19.1 Å². The highest BCUT2D eigenvalue weighted by atomic mass is 29.3. The van der Waals surface area contributed by atoms with E-state index in [1.54, 1.807) is 0 Å². The van der Waals surface area contributed by atoms with Crippen molar-refractivity contribution in [3.63, 3.8) is 0 Å². The van der Waals surface area contributed by atoms with Crippen LogP contribution in [0, 0.1) is 0 Å². The van der Waals surface area contributed by atoms with E-state index >= 15 is 0 Å². The minimum Gasteiger partial charge on any atom is -0.417 e. The SMILES string of the molecule is C[Si]1(C)CCC(CC(O)O)O[Si]1(C)C. The Morgan fingerprint density at radius 3 is 2.29 bits per heavy atom. The van der Waals surface area contributed by atoms with Gasteiger partial charge in [0.1, 0.15) is 0 Å². The molecule has 2 N–H and O–H groups in total. The molecule has 0 spiro atoms. The van der Waals surface area contributed by atoms with Gasteiger partial charge in [0.05, 0.1) is 7.59 Å². The first-order valence-electron chi connectivity index (χ1n) is 5.28. The molecule has 1 heterocycles. The Morgan fingerprint density at radius 1 is 1.29 bits per heavy atom. The lowest BCUT2D eigenvalue weighted by atomic mass is 10.2. The second-order valence-corrected chi connectivity index (χ2v) is 20.6. The monoisotopic (exact) mass is 234 g/mol. The average molecular weight is 234 g/mol. The van der Waals surface area contributed by atoms with E-state index < -0.39 is 21.7 Å². The summed E-state index contributed by atoms with van der Waals surface area (Å²) >= 11 is 0. The van der Waals surface area contributed by atoms with Crippen LogP contribution in [0.3, 0.4) is 0 Å². The maximum absolute atomic E-state index is 8.91. The van der Waals surface area contributed by atoms with Gasteiger partial charge in [0.25, 0.3) is 0 Å². The molecule has 1 atom stereocenters. The quantitative estimate of drug-likeness (QED) is 0.562. The van der Waals surface area contributed by atoms with E-state index in [1.165, 1.54) is 6.04 Å². The Hall–Kier alpha value is 0.314. The van der Waals surface area contributed by atoms with Crippen LogP contribution in [0.5, 0.6) is 0 Å². The molecule has 1 aliphatic rings. The van der Waals surface area contributed by atoms with Crippen LogP contribution in [0.4, 0.5) is 0 Å². The van der Waals surface area contributed by atoms with Crippen LogP contribution in [0.25, 0.3) is 0 Å². The molecule has 5 heteroatoms. The smallest absolute Gasteiger partial charge is 0.174 e. The number of rotatable bonds is 2. The van der Waals surface area contributed by atoms with Crippen molar-refractivity contribution in [1.82, 2.24) is 0 Å². The summed E-state index contributed by atoms with van der Waals surface area (Å²) in [5.41, 5.74) is 0. The summed E-state index contributed by atoms with van der Waals surface area (Å²) in [5, 5.41) is 17.8. The highest BCUT2D eigenvalue weighted by Gasteiger charge is 2.47. The largest absolute Gasteiger partial charge is 0.417 e. The summed E-state index contributed by atoms with van der Waals surface area (Å²) in [6, 6.07) is 1.27. The summed E-state index contributed by atoms with van der Waals surface area (Å²) < 4.78 is 6.08. The average Bonchev–Trinajstić information content (AvgIpc) is 1.96. The zero-order chi connectivity index (χ0) is 11.0. The Labute approximate surface area is 88.0 Å². The van der Waals surface area contributed by atoms with Crippen molar-refractivity contribution in [3.05, 3.63) is 0 Å². The third-order valence-electron chi connectivity index (χ3n) is 3.66. The second kappa shape index (κ2) is 4.05. The predicted molar refractivity (Wildman–Crippen MR) is 62.1 cm³/mol. The summed E-state index contributed by atoms with van der Waals surface area (Å²) in [4.78, 5) is 0. The highest BCUT2D eigenvalue weighted by molar-refractivity contribution is 7.38. The summed E-state index contributed by atoms with van der Waals surface area (Å²) in [5.74, 6) is 0. The first-order chi connectivity index (χ1) is 6.24. The Bertz CT molecular complexity index is 204. The maximum Gasteiger partial charge on any atom is 0.174 e. The van der Waals surface area contributed by atoms with Crippen molar-refractivity contribution in [1.29, 1.82) is 0 Å². The molecule has 3 nitrogen and oxygen atoms in total. The van der Waals surface area contributed by atoms with E-state index in [4.69, 9.17) is 14.6 Å². The second-order valence-electron chi connectivity index (χ2n) is 5.39. The van der Waals surface area contributed by atoms with Gasteiger partial charge in [0.15, 0.2) is 14.1 Å². The van der Waals surface area contributed by atoms with Crippen molar-refractivity contribution >= 4 is 15.4 Å². The first kappa shape index (κ1) is 12.4. The standard InChI is InChI=1S/C9H22O3Si2/c1-13(2)6-5-8(7-9(10)11)12-14(13,3)4/h8-11H,5-7H2,1-4H3. The summed E-state index contributed by atoms with van der Waals surface area (Å²) in [6.07, 6.45) is 0.249. The highest BCUT2D eigenvalue weighted by Crippen LogP contribution is 2.34. The van der Waals surface area contributed by atoms with Gasteiger partial charge in [-0.2, -0.15) is 0 Å². The van der Waals surface area contributed by atoms with Crippen LogP contribution in [0.15, 0.2) is 0 Å². The molecule has 0 radical (unpaired) electrons. The molecule has 14 heavy (non-hydrogen) atoms. The van der Waals surface area contributed by atoms with Crippen molar-refractivity contribution in [2.45, 2.75) is 57.5 Å². The molecule has 0 aromatic rings. The van der Waals surface area contributed by atoms with Gasteiger partial charge in [0.2, 0.25) is 0 Å². The number of hydrogen-bond donors (Lipinski definition) is 2. The van der Waals surface area contributed by atoms with Gasteiger partial charge >= 0.3 is 0 Å². The number of hydrogen-bond acceptors (Lipinski definition) is 3. The molecular weight excluding hydrogens is 212 g/mol. The van der Waals surface area contributed by atoms with E-state index in [0.717, 1.165) is 6.42 Å². The van der Waals surface area contributed by atoms with Gasteiger partial charge in [-0.15, -0.1) is 0 Å². The zero-order valence-corrected chi connectivity index (χ0v) is 11.6. The number of aliphatic hydroxyl groups is 2. The molecule has 0 saturated carbocycles. The van der Waals surface area contributed by atoms with Crippen molar-refractivity contribution in [2.75, 3.05) is 0 Å². The fourth-order valence-electron chi connectivity index (χ4n) is 1.86. The Balaban J connectivity index is 2.59. The molecule has 1 fully saturated rings. The predicted octanol–water partition coefficient (Wildman–Crippen LogP) is 1.47. The zero-order valence-electron chi connectivity index (χ0n) is 9.58. The molecule has 1 saturated heterocycles. The number of aliphatic hydroxyl groups excluding tert-OH is 1. The van der Waals surface area contributed by atoms with Crippen LogP contribution < -0.4 is 0 Å². The normalized spacial score (nSPS) is 30.6. The lowest BCUT2D eigenvalue weighted by Gasteiger charge is -2.45. The van der Waals surface area contributed by atoms with E-state index in [1.807, 2.05) is 0 Å². The lowest BCUT2D eigenvalue weighted by molar-refractivity contribution is -0.0675. The van der Waals surface area contributed by atoms with Crippen molar-refractivity contribution in [2.24, 2.45) is 0 Å².